The van der Waals surface area contributed by atoms with Crippen molar-refractivity contribution in [1.29, 1.82) is 0 Å². The van der Waals surface area contributed by atoms with E-state index in [1.165, 1.54) is 11.1 Å². The number of rotatable bonds is 8. The Morgan fingerprint density at radius 2 is 1.35 bits per heavy atom. The van der Waals surface area contributed by atoms with Gasteiger partial charge >= 0.3 is 143 Å². The van der Waals surface area contributed by atoms with Crippen molar-refractivity contribution in [2.24, 2.45) is 0 Å². The molecule has 0 heterocycles. The maximum atomic E-state index is 9.38. The Balaban J connectivity index is 1.97. The molecule has 0 unspecified atom stereocenters. The summed E-state index contributed by atoms with van der Waals surface area (Å²) < 4.78 is 15.8. The molecule has 0 fully saturated rings. The first kappa shape index (κ1) is 17.7. The number of methoxy groups -OCH3 is 3. The maximum absolute atomic E-state index is 9.38. The topological polar surface area (TPSA) is 47.9 Å². The molecule has 23 heavy (non-hydrogen) atoms. The summed E-state index contributed by atoms with van der Waals surface area (Å²) >= 11 is 0.431. The van der Waals surface area contributed by atoms with Crippen molar-refractivity contribution >= 4 is 15.0 Å². The standard InChI is InChI=1S/C18H22O4Se/c1-20-16-6-4-13(8-15(16)10-19)11-23-12-14-5-7-17(21-2)18(9-14)22-3/h4-9,19H,10-12H2,1-3H3. The average molecular weight is 381 g/mol. The van der Waals surface area contributed by atoms with E-state index < -0.39 is 0 Å². The fourth-order valence-electron chi connectivity index (χ4n) is 2.30. The molecule has 0 spiro atoms. The van der Waals surface area contributed by atoms with Gasteiger partial charge in [0.2, 0.25) is 0 Å². The minimum absolute atomic E-state index is 0.000306. The van der Waals surface area contributed by atoms with E-state index in [-0.39, 0.29) is 6.61 Å². The molecule has 5 heteroatoms. The summed E-state index contributed by atoms with van der Waals surface area (Å²) in [6.45, 7) is -0.000306. The van der Waals surface area contributed by atoms with E-state index in [2.05, 4.69) is 12.1 Å². The van der Waals surface area contributed by atoms with Crippen LogP contribution in [0.2, 0.25) is 0 Å². The van der Waals surface area contributed by atoms with Crippen molar-refractivity contribution in [3.63, 3.8) is 0 Å². The van der Waals surface area contributed by atoms with Crippen LogP contribution >= 0.6 is 0 Å². The summed E-state index contributed by atoms with van der Waals surface area (Å²) in [6.07, 6.45) is 0. The minimum atomic E-state index is -0.000306. The van der Waals surface area contributed by atoms with Crippen molar-refractivity contribution in [3.8, 4) is 17.2 Å². The van der Waals surface area contributed by atoms with Crippen LogP contribution in [0.1, 0.15) is 16.7 Å². The van der Waals surface area contributed by atoms with Gasteiger partial charge in [-0.2, -0.15) is 0 Å². The van der Waals surface area contributed by atoms with E-state index in [1.54, 1.807) is 21.3 Å². The molecule has 0 aliphatic carbocycles. The third-order valence-corrected chi connectivity index (χ3v) is 5.76. The monoisotopic (exact) mass is 382 g/mol. The second kappa shape index (κ2) is 8.82. The Morgan fingerprint density at radius 3 is 1.91 bits per heavy atom. The fourth-order valence-corrected chi connectivity index (χ4v) is 4.26. The molecule has 2 aromatic carbocycles. The molecule has 0 radical (unpaired) electrons. The molecule has 0 bridgehead atoms. The number of hydrogen-bond donors (Lipinski definition) is 1. The van der Waals surface area contributed by atoms with Crippen LogP contribution in [-0.4, -0.2) is 41.4 Å². The zero-order valence-corrected chi connectivity index (χ0v) is 15.4. The van der Waals surface area contributed by atoms with Gasteiger partial charge in [-0.1, -0.05) is 0 Å². The van der Waals surface area contributed by atoms with Gasteiger partial charge in [-0.15, -0.1) is 0 Å². The summed E-state index contributed by atoms with van der Waals surface area (Å²) in [7, 11) is 4.92. The molecule has 0 saturated heterocycles. The molecule has 2 rings (SSSR count). The molecule has 0 aliphatic rings. The third kappa shape index (κ3) is 4.64. The quantitative estimate of drug-likeness (QED) is 0.715. The Morgan fingerprint density at radius 1 is 0.783 bits per heavy atom. The van der Waals surface area contributed by atoms with Gasteiger partial charge in [0.25, 0.3) is 0 Å². The molecular weight excluding hydrogens is 359 g/mol. The van der Waals surface area contributed by atoms with Crippen molar-refractivity contribution in [1.82, 2.24) is 0 Å². The normalized spacial score (nSPS) is 10.4. The zero-order valence-electron chi connectivity index (χ0n) is 13.7. The van der Waals surface area contributed by atoms with Crippen LogP contribution in [0.25, 0.3) is 0 Å². The Hall–Kier alpha value is -1.68. The molecule has 1 N–H and O–H groups in total. The van der Waals surface area contributed by atoms with Gasteiger partial charge in [0, 0.05) is 0 Å². The van der Waals surface area contributed by atoms with E-state index >= 15 is 0 Å². The van der Waals surface area contributed by atoms with E-state index in [9.17, 15) is 5.11 Å². The number of aliphatic hydroxyl groups excluding tert-OH is 1. The van der Waals surface area contributed by atoms with Crippen molar-refractivity contribution < 1.29 is 19.3 Å². The number of ether oxygens (including phenoxy) is 3. The van der Waals surface area contributed by atoms with Crippen LogP contribution in [0.15, 0.2) is 36.4 Å². The van der Waals surface area contributed by atoms with Crippen LogP contribution < -0.4 is 14.2 Å². The van der Waals surface area contributed by atoms with Crippen LogP contribution in [0.3, 0.4) is 0 Å². The molecule has 2 aromatic rings. The van der Waals surface area contributed by atoms with Crippen molar-refractivity contribution in [3.05, 3.63) is 53.1 Å². The predicted molar refractivity (Wildman–Crippen MR) is 91.6 cm³/mol. The number of hydrogen-bond acceptors (Lipinski definition) is 4. The van der Waals surface area contributed by atoms with Gasteiger partial charge < -0.3 is 0 Å². The van der Waals surface area contributed by atoms with E-state index in [1.807, 2.05) is 24.3 Å². The molecule has 0 atom stereocenters. The molecule has 0 aliphatic heterocycles. The molecule has 0 amide bonds. The molecule has 4 nitrogen and oxygen atoms in total. The van der Waals surface area contributed by atoms with Crippen molar-refractivity contribution in [2.45, 2.75) is 17.2 Å². The second-order valence-corrected chi connectivity index (χ2v) is 7.05. The first-order valence-electron chi connectivity index (χ1n) is 7.27. The number of benzene rings is 2. The van der Waals surface area contributed by atoms with Gasteiger partial charge in [-0.05, 0) is 0 Å². The molecule has 0 aromatic heterocycles. The van der Waals surface area contributed by atoms with Gasteiger partial charge in [0.15, 0.2) is 0 Å². The average Bonchev–Trinajstić information content (AvgIpc) is 2.61. The van der Waals surface area contributed by atoms with Crippen molar-refractivity contribution in [2.75, 3.05) is 21.3 Å². The summed E-state index contributed by atoms with van der Waals surface area (Å²) in [4.78, 5) is 0. The van der Waals surface area contributed by atoms with E-state index in [0.29, 0.717) is 15.0 Å². The Labute approximate surface area is 143 Å². The summed E-state index contributed by atoms with van der Waals surface area (Å²) in [6, 6.07) is 12.1. The van der Waals surface area contributed by atoms with Gasteiger partial charge in [0.1, 0.15) is 0 Å². The second-order valence-electron chi connectivity index (χ2n) is 4.99. The SMILES string of the molecule is COc1ccc(C[Se]Cc2ccc(OC)c(OC)c2)cc1CO. The van der Waals surface area contributed by atoms with Gasteiger partial charge in [-0.25, -0.2) is 0 Å². The summed E-state index contributed by atoms with van der Waals surface area (Å²) in [5.41, 5.74) is 3.32. The van der Waals surface area contributed by atoms with Crippen LogP contribution in [0, 0.1) is 0 Å². The van der Waals surface area contributed by atoms with Crippen LogP contribution in [0.5, 0.6) is 17.2 Å². The molecule has 0 saturated carbocycles. The van der Waals surface area contributed by atoms with E-state index in [0.717, 1.165) is 33.5 Å². The van der Waals surface area contributed by atoms with Crippen LogP contribution in [0.4, 0.5) is 0 Å². The summed E-state index contributed by atoms with van der Waals surface area (Å²) in [5.74, 6) is 2.27. The van der Waals surface area contributed by atoms with E-state index in [4.69, 9.17) is 14.2 Å². The zero-order chi connectivity index (χ0) is 16.7. The fraction of sp³-hybridized carbons (Fsp3) is 0.333. The van der Waals surface area contributed by atoms with Gasteiger partial charge in [0.05, 0.1) is 0 Å². The first-order chi connectivity index (χ1) is 11.2. The Bertz CT molecular complexity index is 587. The summed E-state index contributed by atoms with van der Waals surface area (Å²) in [5, 5.41) is 11.4. The first-order valence-corrected chi connectivity index (χ1v) is 9.69. The molecule has 124 valence electrons. The number of aliphatic hydroxyl groups is 1. The Kier molecular flexibility index (Phi) is 6.78. The third-order valence-electron chi connectivity index (χ3n) is 3.50. The van der Waals surface area contributed by atoms with Crippen LogP contribution in [-0.2, 0) is 17.2 Å². The molecular formula is C18H22O4Se. The predicted octanol–water partition coefficient (Wildman–Crippen LogP) is 2.61. The van der Waals surface area contributed by atoms with Gasteiger partial charge in [-0.3, -0.25) is 0 Å².